The van der Waals surface area contributed by atoms with Gasteiger partial charge in [0.15, 0.2) is 0 Å². The number of benzene rings is 1. The molecule has 6 heteroatoms. The highest BCUT2D eigenvalue weighted by Gasteiger charge is 2.40. The summed E-state index contributed by atoms with van der Waals surface area (Å²) >= 11 is 1.59. The van der Waals surface area contributed by atoms with E-state index >= 15 is 0 Å². The van der Waals surface area contributed by atoms with Gasteiger partial charge in [0.05, 0.1) is 5.69 Å². The molecule has 3 saturated heterocycles. The van der Waals surface area contributed by atoms with E-state index in [2.05, 4.69) is 57.8 Å². The summed E-state index contributed by atoms with van der Waals surface area (Å²) in [6, 6.07) is 13.0. The number of hydrogen-bond donors (Lipinski definition) is 2. The Labute approximate surface area is 171 Å². The van der Waals surface area contributed by atoms with Gasteiger partial charge >= 0.3 is 6.03 Å². The number of piperidine rings is 3. The van der Waals surface area contributed by atoms with Gasteiger partial charge in [-0.2, -0.15) is 11.3 Å². The van der Waals surface area contributed by atoms with Crippen molar-refractivity contribution in [3.63, 3.8) is 0 Å². The number of anilines is 1. The molecule has 5 rings (SSSR count). The van der Waals surface area contributed by atoms with E-state index in [4.69, 9.17) is 0 Å². The van der Waals surface area contributed by atoms with E-state index in [9.17, 15) is 4.79 Å². The Morgan fingerprint density at radius 1 is 1.29 bits per heavy atom. The molecule has 150 valence electrons. The fourth-order valence-corrected chi connectivity index (χ4v) is 5.34. The summed E-state index contributed by atoms with van der Waals surface area (Å²) in [5.41, 5.74) is 2.25. The number of nitrogens with zero attached hydrogens (tertiary/aromatic N) is 2. The summed E-state index contributed by atoms with van der Waals surface area (Å²) in [7, 11) is 2.23. The number of fused-ring (bicyclic) bond motifs is 3. The Kier molecular flexibility index (Phi) is 6.29. The van der Waals surface area contributed by atoms with Crippen molar-refractivity contribution in [2.45, 2.75) is 25.4 Å². The lowest BCUT2D eigenvalue weighted by molar-refractivity contribution is -0.00889. The molecule has 2 aromatic rings. The summed E-state index contributed by atoms with van der Waals surface area (Å²) < 4.78 is 0. The third-order valence-electron chi connectivity index (χ3n) is 6.13. The van der Waals surface area contributed by atoms with E-state index in [1.807, 2.05) is 16.8 Å². The highest BCUT2D eigenvalue weighted by molar-refractivity contribution is 7.08. The van der Waals surface area contributed by atoms with Gasteiger partial charge in [-0.05, 0) is 55.3 Å². The smallest absolute Gasteiger partial charge is 0.319 e. The van der Waals surface area contributed by atoms with Crippen LogP contribution in [-0.4, -0.2) is 55.1 Å². The SMILES string of the molecule is CN(Cc1ccccc1)C[C@@H]1CN2CC[C@H]1C[C@@H]2CNC(=O)Nc1ccsc1. The van der Waals surface area contributed by atoms with Crippen LogP contribution in [0.1, 0.15) is 18.4 Å². The molecule has 4 atom stereocenters. The molecule has 0 spiro atoms. The number of nitrogens with one attached hydrogen (secondary N) is 2. The van der Waals surface area contributed by atoms with Crippen molar-refractivity contribution in [2.24, 2.45) is 11.8 Å². The molecule has 1 aromatic heterocycles. The van der Waals surface area contributed by atoms with Gasteiger partial charge in [0.25, 0.3) is 0 Å². The number of urea groups is 1. The van der Waals surface area contributed by atoms with Crippen molar-refractivity contribution in [3.05, 3.63) is 52.7 Å². The van der Waals surface area contributed by atoms with Crippen LogP contribution in [0.4, 0.5) is 10.5 Å². The fourth-order valence-electron chi connectivity index (χ4n) is 4.75. The molecule has 0 radical (unpaired) electrons. The standard InChI is InChI=1S/C22H30N4OS/c1-25(13-17-5-3-2-4-6-17)14-19-15-26-9-7-18(19)11-21(26)12-23-22(27)24-20-8-10-28-16-20/h2-6,8,10,16,18-19,21H,7,9,11-15H2,1H3,(H2,23,24,27)/t18-,19+,21+/m0/s1. The van der Waals surface area contributed by atoms with E-state index in [1.165, 1.54) is 24.9 Å². The first-order valence-electron chi connectivity index (χ1n) is 10.2. The van der Waals surface area contributed by atoms with Crippen LogP contribution in [-0.2, 0) is 6.54 Å². The Morgan fingerprint density at radius 3 is 2.86 bits per heavy atom. The molecule has 2 amide bonds. The maximum atomic E-state index is 12.1. The molecule has 3 fully saturated rings. The van der Waals surface area contributed by atoms with E-state index in [-0.39, 0.29) is 6.03 Å². The number of carbonyl (C=O) groups is 1. The van der Waals surface area contributed by atoms with Gasteiger partial charge < -0.3 is 15.5 Å². The molecular weight excluding hydrogens is 368 g/mol. The Bertz CT molecular complexity index is 751. The van der Waals surface area contributed by atoms with Gasteiger partial charge in [0, 0.05) is 37.6 Å². The summed E-state index contributed by atoms with van der Waals surface area (Å²) in [5, 5.41) is 9.88. The van der Waals surface area contributed by atoms with Crippen LogP contribution in [0.15, 0.2) is 47.2 Å². The minimum atomic E-state index is -0.0970. The highest BCUT2D eigenvalue weighted by Crippen LogP contribution is 2.36. The second-order valence-electron chi connectivity index (χ2n) is 8.22. The van der Waals surface area contributed by atoms with Crippen LogP contribution >= 0.6 is 11.3 Å². The molecule has 1 unspecified atom stereocenters. The van der Waals surface area contributed by atoms with Crippen LogP contribution < -0.4 is 10.6 Å². The van der Waals surface area contributed by atoms with Crippen molar-refractivity contribution in [1.82, 2.24) is 15.1 Å². The van der Waals surface area contributed by atoms with Crippen LogP contribution in [0.5, 0.6) is 0 Å². The maximum absolute atomic E-state index is 12.1. The zero-order chi connectivity index (χ0) is 19.3. The minimum Gasteiger partial charge on any atom is -0.336 e. The first-order valence-corrected chi connectivity index (χ1v) is 11.1. The minimum absolute atomic E-state index is 0.0970. The molecule has 0 saturated carbocycles. The highest BCUT2D eigenvalue weighted by atomic mass is 32.1. The van der Waals surface area contributed by atoms with Gasteiger partial charge in [-0.25, -0.2) is 4.79 Å². The lowest BCUT2D eigenvalue weighted by Gasteiger charge is -2.50. The summed E-state index contributed by atoms with van der Waals surface area (Å²) in [5.74, 6) is 1.51. The van der Waals surface area contributed by atoms with Crippen LogP contribution in [0.2, 0.25) is 0 Å². The molecule has 28 heavy (non-hydrogen) atoms. The molecule has 2 N–H and O–H groups in total. The Balaban J connectivity index is 1.23. The zero-order valence-corrected chi connectivity index (χ0v) is 17.3. The lowest BCUT2D eigenvalue weighted by Crippen LogP contribution is -2.58. The normalized spacial score (nSPS) is 26.4. The van der Waals surface area contributed by atoms with Crippen molar-refractivity contribution in [3.8, 4) is 0 Å². The van der Waals surface area contributed by atoms with Crippen LogP contribution in [0.25, 0.3) is 0 Å². The molecule has 3 aliphatic rings. The number of thiophene rings is 1. The van der Waals surface area contributed by atoms with Gasteiger partial charge in [-0.15, -0.1) is 0 Å². The fraction of sp³-hybridized carbons (Fsp3) is 0.500. The van der Waals surface area contributed by atoms with E-state index in [0.717, 1.165) is 43.7 Å². The monoisotopic (exact) mass is 398 g/mol. The van der Waals surface area contributed by atoms with Crippen molar-refractivity contribution >= 4 is 23.1 Å². The molecule has 5 nitrogen and oxygen atoms in total. The molecule has 3 aliphatic heterocycles. The van der Waals surface area contributed by atoms with Gasteiger partial charge in [0.1, 0.15) is 0 Å². The average molecular weight is 399 g/mol. The molecule has 4 heterocycles. The lowest BCUT2D eigenvalue weighted by atomic mass is 9.75. The zero-order valence-electron chi connectivity index (χ0n) is 16.5. The average Bonchev–Trinajstić information content (AvgIpc) is 3.21. The van der Waals surface area contributed by atoms with Crippen LogP contribution in [0.3, 0.4) is 0 Å². The second kappa shape index (κ2) is 9.07. The number of rotatable bonds is 7. The largest absolute Gasteiger partial charge is 0.336 e. The van der Waals surface area contributed by atoms with Crippen LogP contribution in [0, 0.1) is 11.8 Å². The van der Waals surface area contributed by atoms with E-state index in [1.54, 1.807) is 11.3 Å². The number of amides is 2. The first-order chi connectivity index (χ1) is 13.7. The molecule has 2 bridgehead atoms. The van der Waals surface area contributed by atoms with Crippen molar-refractivity contribution < 1.29 is 4.79 Å². The number of hydrogen-bond acceptors (Lipinski definition) is 4. The third-order valence-corrected chi connectivity index (χ3v) is 6.82. The molecule has 0 aliphatic carbocycles. The topological polar surface area (TPSA) is 47.6 Å². The second-order valence-corrected chi connectivity index (χ2v) is 9.00. The van der Waals surface area contributed by atoms with Crippen molar-refractivity contribution in [1.29, 1.82) is 0 Å². The molecular formula is C22H30N4OS. The predicted octanol–water partition coefficient (Wildman–Crippen LogP) is 3.71. The van der Waals surface area contributed by atoms with E-state index < -0.39 is 0 Å². The van der Waals surface area contributed by atoms with Gasteiger partial charge in [0.2, 0.25) is 0 Å². The van der Waals surface area contributed by atoms with E-state index in [0.29, 0.717) is 6.04 Å². The van der Waals surface area contributed by atoms with Crippen molar-refractivity contribution in [2.75, 3.05) is 38.5 Å². The van der Waals surface area contributed by atoms with Gasteiger partial charge in [-0.1, -0.05) is 30.3 Å². The summed E-state index contributed by atoms with van der Waals surface area (Å²) in [6.07, 6.45) is 2.49. The quantitative estimate of drug-likeness (QED) is 0.747. The van der Waals surface area contributed by atoms with Gasteiger partial charge in [-0.3, -0.25) is 4.90 Å². The first kappa shape index (κ1) is 19.4. The molecule has 1 aromatic carbocycles. The maximum Gasteiger partial charge on any atom is 0.319 e. The predicted molar refractivity (Wildman–Crippen MR) is 116 cm³/mol. The Hall–Kier alpha value is -1.89. The number of carbonyl (C=O) groups excluding carboxylic acids is 1. The summed E-state index contributed by atoms with van der Waals surface area (Å²) in [4.78, 5) is 17.2. The summed E-state index contributed by atoms with van der Waals surface area (Å²) in [6.45, 7) is 5.22. The Morgan fingerprint density at radius 2 is 2.14 bits per heavy atom. The third kappa shape index (κ3) is 4.93.